The number of aryl methyl sites for hydroxylation is 1. The van der Waals surface area contributed by atoms with Gasteiger partial charge in [0.1, 0.15) is 11.6 Å². The molecule has 20 heavy (non-hydrogen) atoms. The van der Waals surface area contributed by atoms with Gasteiger partial charge in [-0.2, -0.15) is 0 Å². The maximum atomic E-state index is 11.9. The minimum Gasteiger partial charge on any atom is -0.461 e. The fourth-order valence-corrected chi connectivity index (χ4v) is 3.81. The summed E-state index contributed by atoms with van der Waals surface area (Å²) in [5.41, 5.74) is 6.30. The summed E-state index contributed by atoms with van der Waals surface area (Å²) in [6.45, 7) is 4.03. The molecule has 0 unspecified atom stereocenters. The van der Waals surface area contributed by atoms with E-state index in [1.807, 2.05) is 11.5 Å². The summed E-state index contributed by atoms with van der Waals surface area (Å²) in [5.74, 6) is 2.06. The lowest BCUT2D eigenvalue weighted by molar-refractivity contribution is 0.0521. The van der Waals surface area contributed by atoms with E-state index in [1.54, 1.807) is 6.92 Å². The number of anilines is 1. The van der Waals surface area contributed by atoms with Crippen LogP contribution in [-0.2, 0) is 22.0 Å². The van der Waals surface area contributed by atoms with Crippen LogP contribution in [0.25, 0.3) is 0 Å². The minimum absolute atomic E-state index is 0.179. The largest absolute Gasteiger partial charge is 0.461 e. The van der Waals surface area contributed by atoms with Crippen LogP contribution in [0.1, 0.15) is 49.0 Å². The molecule has 1 aromatic rings. The summed E-state index contributed by atoms with van der Waals surface area (Å²) in [6.07, 6.45) is 2.31. The predicted octanol–water partition coefficient (Wildman–Crippen LogP) is 1.29. The molecule has 2 rings (SSSR count). The van der Waals surface area contributed by atoms with E-state index in [4.69, 9.17) is 10.5 Å². The van der Waals surface area contributed by atoms with Crippen LogP contribution in [0.15, 0.2) is 0 Å². The zero-order chi connectivity index (χ0) is 14.7. The quantitative estimate of drug-likeness (QED) is 0.846. The molecule has 7 heteroatoms. The van der Waals surface area contributed by atoms with Crippen molar-refractivity contribution < 1.29 is 13.7 Å². The first-order valence-corrected chi connectivity index (χ1v) is 8.45. The van der Waals surface area contributed by atoms with Gasteiger partial charge in [-0.15, -0.1) is 0 Å². The molecule has 0 aromatic carbocycles. The number of esters is 1. The van der Waals surface area contributed by atoms with Crippen molar-refractivity contribution in [1.82, 2.24) is 9.55 Å². The van der Waals surface area contributed by atoms with Crippen molar-refractivity contribution in [3.8, 4) is 0 Å². The molecule has 2 N–H and O–H groups in total. The fourth-order valence-electron chi connectivity index (χ4n) is 2.54. The van der Waals surface area contributed by atoms with Crippen LogP contribution >= 0.6 is 0 Å². The maximum Gasteiger partial charge on any atom is 0.360 e. The van der Waals surface area contributed by atoms with E-state index in [0.717, 1.165) is 18.7 Å². The second kappa shape index (κ2) is 6.39. The first-order valence-electron chi connectivity index (χ1n) is 6.97. The summed E-state index contributed by atoms with van der Waals surface area (Å²) >= 11 is 0. The molecule has 1 aliphatic heterocycles. The normalized spacial score (nSPS) is 22.7. The van der Waals surface area contributed by atoms with Crippen molar-refractivity contribution in [1.29, 1.82) is 0 Å². The smallest absolute Gasteiger partial charge is 0.360 e. The number of carbonyl (C=O) groups excluding carboxylic acids is 1. The second-order valence-electron chi connectivity index (χ2n) is 4.79. The van der Waals surface area contributed by atoms with Gasteiger partial charge in [0.05, 0.1) is 6.61 Å². The minimum atomic E-state index is -0.721. The summed E-state index contributed by atoms with van der Waals surface area (Å²) in [5, 5.41) is 0. The molecule has 112 valence electrons. The van der Waals surface area contributed by atoms with E-state index in [2.05, 4.69) is 4.98 Å². The number of hydrogen-bond donors (Lipinski definition) is 1. The van der Waals surface area contributed by atoms with Crippen LogP contribution in [0, 0.1) is 0 Å². The van der Waals surface area contributed by atoms with E-state index < -0.39 is 16.8 Å². The maximum absolute atomic E-state index is 11.9. The molecule has 1 fully saturated rings. The average Bonchev–Trinajstić information content (AvgIpc) is 2.77. The van der Waals surface area contributed by atoms with E-state index in [0.29, 0.717) is 30.4 Å². The Morgan fingerprint density at radius 2 is 2.10 bits per heavy atom. The number of nitrogens with zero attached hydrogens (tertiary/aromatic N) is 2. The summed E-state index contributed by atoms with van der Waals surface area (Å²) < 4.78 is 18.4. The number of carbonyl (C=O) groups is 1. The highest BCUT2D eigenvalue weighted by Gasteiger charge is 2.27. The topological polar surface area (TPSA) is 87.2 Å². The predicted molar refractivity (Wildman–Crippen MR) is 78.1 cm³/mol. The Morgan fingerprint density at radius 1 is 1.45 bits per heavy atom. The lowest BCUT2D eigenvalue weighted by Gasteiger charge is -2.25. The highest BCUT2D eigenvalue weighted by molar-refractivity contribution is 7.85. The lowest BCUT2D eigenvalue weighted by Crippen LogP contribution is -2.24. The molecular formula is C13H21N3O3S. The third kappa shape index (κ3) is 2.87. The third-order valence-electron chi connectivity index (χ3n) is 3.53. The number of ether oxygens (including phenoxy) is 1. The Labute approximate surface area is 121 Å². The number of aromatic nitrogens is 2. The molecule has 0 radical (unpaired) electrons. The van der Waals surface area contributed by atoms with Gasteiger partial charge in [-0.05, 0) is 19.8 Å². The Bertz CT molecular complexity index is 517. The number of rotatable bonds is 4. The molecule has 1 aromatic heterocycles. The molecule has 0 amide bonds. The third-order valence-corrected chi connectivity index (χ3v) is 4.91. The van der Waals surface area contributed by atoms with E-state index in [1.165, 1.54) is 0 Å². The zero-order valence-electron chi connectivity index (χ0n) is 11.9. The van der Waals surface area contributed by atoms with Crippen molar-refractivity contribution in [2.45, 2.75) is 39.2 Å². The van der Waals surface area contributed by atoms with Crippen LogP contribution in [0.3, 0.4) is 0 Å². The van der Waals surface area contributed by atoms with E-state index >= 15 is 0 Å². The van der Waals surface area contributed by atoms with Crippen molar-refractivity contribution >= 4 is 22.6 Å². The first-order chi connectivity index (χ1) is 9.58. The molecule has 0 spiro atoms. The van der Waals surface area contributed by atoms with Gasteiger partial charge in [0.25, 0.3) is 0 Å². The summed E-state index contributed by atoms with van der Waals surface area (Å²) in [4.78, 5) is 16.2. The van der Waals surface area contributed by atoms with Gasteiger partial charge in [-0.1, -0.05) is 6.92 Å². The number of nitrogens with two attached hydrogens (primary N) is 1. The molecule has 6 nitrogen and oxygen atoms in total. The van der Waals surface area contributed by atoms with Crippen LogP contribution < -0.4 is 5.73 Å². The molecule has 0 atom stereocenters. The van der Waals surface area contributed by atoms with Crippen molar-refractivity contribution in [2.24, 2.45) is 0 Å². The van der Waals surface area contributed by atoms with Crippen LogP contribution in [0.2, 0.25) is 0 Å². The van der Waals surface area contributed by atoms with Gasteiger partial charge in [0.15, 0.2) is 5.69 Å². The van der Waals surface area contributed by atoms with Crippen molar-refractivity contribution in [3.05, 3.63) is 11.5 Å². The fraction of sp³-hybridized carbons (Fsp3) is 0.692. The van der Waals surface area contributed by atoms with Crippen molar-refractivity contribution in [3.63, 3.8) is 0 Å². The Hall–Kier alpha value is -1.37. The van der Waals surface area contributed by atoms with Gasteiger partial charge in [-0.25, -0.2) is 9.78 Å². The average molecular weight is 299 g/mol. The highest BCUT2D eigenvalue weighted by Crippen LogP contribution is 2.29. The summed E-state index contributed by atoms with van der Waals surface area (Å²) in [7, 11) is -0.721. The van der Waals surface area contributed by atoms with Crippen molar-refractivity contribution in [2.75, 3.05) is 23.8 Å². The van der Waals surface area contributed by atoms with Gasteiger partial charge in [-0.3, -0.25) is 4.21 Å². The number of hydrogen-bond acceptors (Lipinski definition) is 5. The van der Waals surface area contributed by atoms with Gasteiger partial charge in [0.2, 0.25) is 0 Å². The molecule has 2 heterocycles. The Balaban J connectivity index is 2.32. The summed E-state index contributed by atoms with van der Waals surface area (Å²) in [6, 6.07) is 0.179. The number of imidazole rings is 1. The van der Waals surface area contributed by atoms with Crippen LogP contribution in [0.5, 0.6) is 0 Å². The molecule has 0 aliphatic carbocycles. The SMILES string of the molecule is CCOC(=O)c1nc(CC)n(C2CCS(=O)CC2)c1N. The van der Waals surface area contributed by atoms with Gasteiger partial charge < -0.3 is 15.0 Å². The van der Waals surface area contributed by atoms with Gasteiger partial charge in [0, 0.05) is 34.8 Å². The highest BCUT2D eigenvalue weighted by atomic mass is 32.2. The molecule has 1 saturated heterocycles. The van der Waals surface area contributed by atoms with Gasteiger partial charge >= 0.3 is 5.97 Å². The number of nitrogen functional groups attached to an aromatic ring is 1. The Kier molecular flexibility index (Phi) is 4.80. The molecular weight excluding hydrogens is 278 g/mol. The standard InChI is InChI=1S/C13H21N3O3S/c1-3-10-15-11(13(17)19-4-2)12(14)16(10)9-5-7-20(18)8-6-9/h9H,3-8,14H2,1-2H3. The monoisotopic (exact) mass is 299 g/mol. The molecule has 0 saturated carbocycles. The van der Waals surface area contributed by atoms with E-state index in [9.17, 15) is 9.00 Å². The lowest BCUT2D eigenvalue weighted by atomic mass is 10.1. The molecule has 0 bridgehead atoms. The Morgan fingerprint density at radius 3 is 2.65 bits per heavy atom. The van der Waals surface area contributed by atoms with Crippen LogP contribution in [0.4, 0.5) is 5.82 Å². The second-order valence-corrected chi connectivity index (χ2v) is 6.48. The van der Waals surface area contributed by atoms with E-state index in [-0.39, 0.29) is 11.7 Å². The zero-order valence-corrected chi connectivity index (χ0v) is 12.7. The first kappa shape index (κ1) is 15.0. The van der Waals surface area contributed by atoms with Crippen LogP contribution in [-0.4, -0.2) is 37.8 Å². The molecule has 1 aliphatic rings.